The molecule has 1 aromatic heterocycles. The normalized spacial score (nSPS) is 21.8. The number of benzene rings is 1. The van der Waals surface area contributed by atoms with Crippen molar-refractivity contribution in [1.29, 1.82) is 0 Å². The first-order valence-electron chi connectivity index (χ1n) is 7.47. The molecule has 21 heavy (non-hydrogen) atoms. The highest BCUT2D eigenvalue weighted by atomic mass is 16.2. The maximum Gasteiger partial charge on any atom is 0.254 e. The first kappa shape index (κ1) is 13.9. The van der Waals surface area contributed by atoms with E-state index < -0.39 is 0 Å². The van der Waals surface area contributed by atoms with Crippen LogP contribution in [0, 0.1) is 11.8 Å². The molecule has 4 heteroatoms. The Kier molecular flexibility index (Phi) is 3.53. The molecule has 1 amide bonds. The smallest absolute Gasteiger partial charge is 0.254 e. The van der Waals surface area contributed by atoms with Crippen LogP contribution >= 0.6 is 0 Å². The average Bonchev–Trinajstić information content (AvgIpc) is 2.85. The molecule has 0 saturated carbocycles. The first-order valence-corrected chi connectivity index (χ1v) is 7.47. The van der Waals surface area contributed by atoms with Crippen molar-refractivity contribution in [3.05, 3.63) is 35.9 Å². The number of hydrogen-bond acceptors (Lipinski definition) is 3. The summed E-state index contributed by atoms with van der Waals surface area (Å²) >= 11 is 0. The number of hydrogen-bond donors (Lipinski definition) is 1. The summed E-state index contributed by atoms with van der Waals surface area (Å²) in [7, 11) is 1.82. The first-order chi connectivity index (χ1) is 10.1. The van der Waals surface area contributed by atoms with Crippen LogP contribution in [0.2, 0.25) is 0 Å². The molecule has 0 aliphatic carbocycles. The van der Waals surface area contributed by atoms with Gasteiger partial charge in [-0.3, -0.25) is 4.79 Å². The highest BCUT2D eigenvalue weighted by molar-refractivity contribution is 6.07. The molecule has 110 valence electrons. The lowest BCUT2D eigenvalue weighted by Crippen LogP contribution is -2.29. The molecule has 3 rings (SSSR count). The standard InChI is InChI=1S/C17H21N3O/c1-11-9-20(10-12(11)2)17(21)14-8-16(18-3)19-15-7-5-4-6-13(14)15/h4-8,11-12H,9-10H2,1-3H3,(H,18,19). The molecule has 0 bridgehead atoms. The number of amides is 1. The van der Waals surface area contributed by atoms with E-state index in [4.69, 9.17) is 0 Å². The van der Waals surface area contributed by atoms with E-state index in [1.54, 1.807) is 0 Å². The van der Waals surface area contributed by atoms with Gasteiger partial charge < -0.3 is 10.2 Å². The summed E-state index contributed by atoms with van der Waals surface area (Å²) in [5.41, 5.74) is 1.60. The van der Waals surface area contributed by atoms with Crippen molar-refractivity contribution in [2.75, 3.05) is 25.5 Å². The van der Waals surface area contributed by atoms with E-state index in [2.05, 4.69) is 24.1 Å². The van der Waals surface area contributed by atoms with E-state index >= 15 is 0 Å². The van der Waals surface area contributed by atoms with Crippen molar-refractivity contribution in [2.24, 2.45) is 11.8 Å². The lowest BCUT2D eigenvalue weighted by Gasteiger charge is -2.18. The number of aromatic nitrogens is 1. The van der Waals surface area contributed by atoms with E-state index in [0.717, 1.165) is 35.4 Å². The minimum absolute atomic E-state index is 0.112. The topological polar surface area (TPSA) is 45.2 Å². The fraction of sp³-hybridized carbons (Fsp3) is 0.412. The van der Waals surface area contributed by atoms with Gasteiger partial charge in [0.15, 0.2) is 0 Å². The van der Waals surface area contributed by atoms with Crippen LogP contribution in [0.25, 0.3) is 10.9 Å². The van der Waals surface area contributed by atoms with Gasteiger partial charge in [0.1, 0.15) is 5.82 Å². The summed E-state index contributed by atoms with van der Waals surface area (Å²) in [6.07, 6.45) is 0. The van der Waals surface area contributed by atoms with Crippen molar-refractivity contribution >= 4 is 22.6 Å². The predicted octanol–water partition coefficient (Wildman–Crippen LogP) is 3.00. The van der Waals surface area contributed by atoms with Gasteiger partial charge in [-0.1, -0.05) is 32.0 Å². The van der Waals surface area contributed by atoms with Crippen LogP contribution in [-0.4, -0.2) is 35.9 Å². The molecule has 2 unspecified atom stereocenters. The quantitative estimate of drug-likeness (QED) is 0.921. The Labute approximate surface area is 125 Å². The number of carbonyl (C=O) groups is 1. The second-order valence-corrected chi connectivity index (χ2v) is 5.99. The van der Waals surface area contributed by atoms with Crippen LogP contribution in [-0.2, 0) is 0 Å². The highest BCUT2D eigenvalue weighted by Gasteiger charge is 2.30. The molecule has 1 saturated heterocycles. The van der Waals surface area contributed by atoms with Gasteiger partial charge >= 0.3 is 0 Å². The summed E-state index contributed by atoms with van der Waals surface area (Å²) in [6, 6.07) is 9.68. The van der Waals surface area contributed by atoms with Crippen molar-refractivity contribution in [3.63, 3.8) is 0 Å². The van der Waals surface area contributed by atoms with E-state index in [1.807, 2.05) is 42.3 Å². The number of nitrogens with zero attached hydrogens (tertiary/aromatic N) is 2. The SMILES string of the molecule is CNc1cc(C(=O)N2CC(C)C(C)C2)c2ccccc2n1. The Morgan fingerprint density at radius 1 is 1.24 bits per heavy atom. The summed E-state index contributed by atoms with van der Waals surface area (Å²) in [4.78, 5) is 19.4. The molecule has 4 nitrogen and oxygen atoms in total. The number of para-hydroxylation sites is 1. The van der Waals surface area contributed by atoms with Crippen LogP contribution in [0.3, 0.4) is 0 Å². The molecule has 1 aromatic carbocycles. The molecular formula is C17H21N3O. The Bertz CT molecular complexity index is 673. The lowest BCUT2D eigenvalue weighted by atomic mass is 10.0. The van der Waals surface area contributed by atoms with Gasteiger partial charge in [-0.25, -0.2) is 4.98 Å². The van der Waals surface area contributed by atoms with Crippen LogP contribution < -0.4 is 5.32 Å². The highest BCUT2D eigenvalue weighted by Crippen LogP contribution is 2.27. The molecule has 0 spiro atoms. The zero-order chi connectivity index (χ0) is 15.0. The number of anilines is 1. The van der Waals surface area contributed by atoms with Crippen molar-refractivity contribution in [1.82, 2.24) is 9.88 Å². The predicted molar refractivity (Wildman–Crippen MR) is 85.5 cm³/mol. The van der Waals surface area contributed by atoms with Gasteiger partial charge in [0.05, 0.1) is 11.1 Å². The monoisotopic (exact) mass is 283 g/mol. The van der Waals surface area contributed by atoms with E-state index in [1.165, 1.54) is 0 Å². The van der Waals surface area contributed by atoms with Gasteiger partial charge in [-0.05, 0) is 24.0 Å². The Hall–Kier alpha value is -2.10. The third kappa shape index (κ3) is 2.46. The number of carbonyl (C=O) groups excluding carboxylic acids is 1. The molecule has 1 fully saturated rings. The summed E-state index contributed by atoms with van der Waals surface area (Å²) in [6.45, 7) is 6.10. The van der Waals surface area contributed by atoms with Gasteiger partial charge in [-0.2, -0.15) is 0 Å². The molecule has 0 radical (unpaired) electrons. The van der Waals surface area contributed by atoms with Crippen molar-refractivity contribution in [3.8, 4) is 0 Å². The number of rotatable bonds is 2. The van der Waals surface area contributed by atoms with Crippen LogP contribution in [0.5, 0.6) is 0 Å². The summed E-state index contributed by atoms with van der Waals surface area (Å²) < 4.78 is 0. The molecule has 1 aliphatic heterocycles. The zero-order valence-corrected chi connectivity index (χ0v) is 12.8. The summed E-state index contributed by atoms with van der Waals surface area (Å²) in [5.74, 6) is 1.97. The number of pyridine rings is 1. The Morgan fingerprint density at radius 2 is 1.90 bits per heavy atom. The maximum atomic E-state index is 12.9. The lowest BCUT2D eigenvalue weighted by molar-refractivity contribution is 0.0787. The Balaban J connectivity index is 2.05. The fourth-order valence-corrected chi connectivity index (χ4v) is 2.95. The second-order valence-electron chi connectivity index (χ2n) is 5.99. The third-order valence-corrected chi connectivity index (χ3v) is 4.48. The van der Waals surface area contributed by atoms with E-state index in [9.17, 15) is 4.79 Å². The minimum Gasteiger partial charge on any atom is -0.373 e. The van der Waals surface area contributed by atoms with Crippen molar-refractivity contribution in [2.45, 2.75) is 13.8 Å². The number of fused-ring (bicyclic) bond motifs is 1. The van der Waals surface area contributed by atoms with Crippen LogP contribution in [0.15, 0.2) is 30.3 Å². The average molecular weight is 283 g/mol. The fourth-order valence-electron chi connectivity index (χ4n) is 2.95. The second kappa shape index (κ2) is 5.35. The molecule has 2 heterocycles. The van der Waals surface area contributed by atoms with Crippen LogP contribution in [0.4, 0.5) is 5.82 Å². The molecule has 1 aliphatic rings. The van der Waals surface area contributed by atoms with Crippen LogP contribution in [0.1, 0.15) is 24.2 Å². The number of likely N-dealkylation sites (tertiary alicyclic amines) is 1. The largest absolute Gasteiger partial charge is 0.373 e. The van der Waals surface area contributed by atoms with Gasteiger partial charge in [0.25, 0.3) is 5.91 Å². The van der Waals surface area contributed by atoms with Gasteiger partial charge in [0.2, 0.25) is 0 Å². The zero-order valence-electron chi connectivity index (χ0n) is 12.8. The van der Waals surface area contributed by atoms with Crippen molar-refractivity contribution < 1.29 is 4.79 Å². The van der Waals surface area contributed by atoms with Gasteiger partial charge in [-0.15, -0.1) is 0 Å². The summed E-state index contributed by atoms with van der Waals surface area (Å²) in [5, 5.41) is 3.97. The maximum absolute atomic E-state index is 12.9. The minimum atomic E-state index is 0.112. The Morgan fingerprint density at radius 3 is 2.57 bits per heavy atom. The molecular weight excluding hydrogens is 262 g/mol. The molecule has 2 aromatic rings. The van der Waals surface area contributed by atoms with E-state index in [0.29, 0.717) is 11.8 Å². The molecule has 2 atom stereocenters. The third-order valence-electron chi connectivity index (χ3n) is 4.48. The molecule has 1 N–H and O–H groups in total. The van der Waals surface area contributed by atoms with Gasteiger partial charge in [0, 0.05) is 25.5 Å². The van der Waals surface area contributed by atoms with E-state index in [-0.39, 0.29) is 5.91 Å². The number of nitrogens with one attached hydrogen (secondary N) is 1.